The van der Waals surface area contributed by atoms with Crippen molar-refractivity contribution in [2.24, 2.45) is 7.05 Å². The van der Waals surface area contributed by atoms with Crippen LogP contribution in [0.4, 0.5) is 0 Å². The van der Waals surface area contributed by atoms with E-state index in [0.717, 1.165) is 30.9 Å². The van der Waals surface area contributed by atoms with Gasteiger partial charge in [0.1, 0.15) is 17.6 Å². The molecule has 3 rings (SSSR count). The second-order valence-corrected chi connectivity index (χ2v) is 6.58. The number of nitrogens with zero attached hydrogens (tertiary/aromatic N) is 5. The van der Waals surface area contributed by atoms with E-state index in [-0.39, 0.29) is 17.9 Å². The minimum atomic E-state index is -0.0910. The van der Waals surface area contributed by atoms with E-state index in [4.69, 9.17) is 5.26 Å². The molecule has 0 spiro atoms. The topological polar surface area (TPSA) is 90.6 Å². The summed E-state index contributed by atoms with van der Waals surface area (Å²) in [6, 6.07) is 3.64. The highest BCUT2D eigenvalue weighted by molar-refractivity contribution is 5.93. The number of aromatic nitrogens is 4. The Bertz CT molecular complexity index is 781. The molecule has 0 saturated carbocycles. The van der Waals surface area contributed by atoms with Crippen molar-refractivity contribution >= 4 is 5.91 Å². The van der Waals surface area contributed by atoms with Gasteiger partial charge >= 0.3 is 0 Å². The lowest BCUT2D eigenvalue weighted by atomic mass is 10.0. The molecule has 2 aromatic heterocycles. The Labute approximate surface area is 141 Å². The number of carbonyl (C=O) groups is 1. The standard InChI is InChI=1S/C17H22N6O/c1-11(2)15-19-16(21-20-15)13-6-4-5-7-23(13)17(24)14-8-12(9-18)10-22(14)3/h8,10-11,13H,4-7H2,1-3H3,(H,19,20,21)/t13-/m1/s1. The first kappa shape index (κ1) is 16.2. The molecule has 1 amide bonds. The summed E-state index contributed by atoms with van der Waals surface area (Å²) in [5.41, 5.74) is 1.03. The lowest BCUT2D eigenvalue weighted by Crippen LogP contribution is -2.39. The summed E-state index contributed by atoms with van der Waals surface area (Å²) in [7, 11) is 1.79. The fraction of sp³-hybridized carbons (Fsp3) is 0.529. The molecule has 126 valence electrons. The number of carbonyl (C=O) groups excluding carboxylic acids is 1. The largest absolute Gasteiger partial charge is 0.345 e. The maximum absolute atomic E-state index is 13.0. The third-order valence-electron chi connectivity index (χ3n) is 4.47. The van der Waals surface area contributed by atoms with Crippen LogP contribution in [0.1, 0.15) is 72.8 Å². The van der Waals surface area contributed by atoms with Crippen LogP contribution in [0.3, 0.4) is 0 Å². The van der Waals surface area contributed by atoms with Crippen molar-refractivity contribution < 1.29 is 4.79 Å². The molecule has 24 heavy (non-hydrogen) atoms. The number of amides is 1. The van der Waals surface area contributed by atoms with Gasteiger partial charge in [-0.05, 0) is 25.3 Å². The van der Waals surface area contributed by atoms with Crippen molar-refractivity contribution in [1.29, 1.82) is 5.26 Å². The van der Waals surface area contributed by atoms with Crippen molar-refractivity contribution in [3.05, 3.63) is 35.2 Å². The Kier molecular flexibility index (Phi) is 4.38. The molecular weight excluding hydrogens is 304 g/mol. The zero-order valence-electron chi connectivity index (χ0n) is 14.3. The highest BCUT2D eigenvalue weighted by Crippen LogP contribution is 2.31. The van der Waals surface area contributed by atoms with Crippen LogP contribution in [-0.2, 0) is 7.05 Å². The van der Waals surface area contributed by atoms with Crippen molar-refractivity contribution in [2.45, 2.75) is 45.1 Å². The fourth-order valence-corrected chi connectivity index (χ4v) is 3.14. The minimum Gasteiger partial charge on any atom is -0.345 e. The average molecular weight is 326 g/mol. The predicted octanol–water partition coefficient (Wildman–Crippen LogP) is 2.51. The molecule has 0 aromatic carbocycles. The number of hydrogen-bond donors (Lipinski definition) is 1. The lowest BCUT2D eigenvalue weighted by Gasteiger charge is -2.34. The fourth-order valence-electron chi connectivity index (χ4n) is 3.14. The lowest BCUT2D eigenvalue weighted by molar-refractivity contribution is 0.0590. The molecule has 0 unspecified atom stereocenters. The summed E-state index contributed by atoms with van der Waals surface area (Å²) in [5, 5.41) is 16.3. The average Bonchev–Trinajstić information content (AvgIpc) is 3.21. The summed E-state index contributed by atoms with van der Waals surface area (Å²) >= 11 is 0. The van der Waals surface area contributed by atoms with E-state index in [1.165, 1.54) is 0 Å². The molecule has 0 aliphatic carbocycles. The Morgan fingerprint density at radius 2 is 2.25 bits per heavy atom. The molecule has 1 aliphatic rings. The van der Waals surface area contributed by atoms with Crippen LogP contribution in [0.15, 0.2) is 12.3 Å². The highest BCUT2D eigenvalue weighted by Gasteiger charge is 2.32. The van der Waals surface area contributed by atoms with Crippen molar-refractivity contribution in [3.8, 4) is 6.07 Å². The van der Waals surface area contributed by atoms with Gasteiger partial charge in [-0.3, -0.25) is 9.89 Å². The number of nitrogens with one attached hydrogen (secondary N) is 1. The quantitative estimate of drug-likeness (QED) is 0.938. The molecular formula is C17H22N6O. The molecule has 1 aliphatic heterocycles. The van der Waals surface area contributed by atoms with Gasteiger partial charge in [-0.2, -0.15) is 10.4 Å². The second kappa shape index (κ2) is 6.48. The van der Waals surface area contributed by atoms with Crippen LogP contribution in [0, 0.1) is 11.3 Å². The molecule has 7 heteroatoms. The highest BCUT2D eigenvalue weighted by atomic mass is 16.2. The number of rotatable bonds is 3. The molecule has 1 fully saturated rings. The Morgan fingerprint density at radius 1 is 1.46 bits per heavy atom. The Morgan fingerprint density at radius 3 is 2.88 bits per heavy atom. The molecule has 0 bridgehead atoms. The summed E-state index contributed by atoms with van der Waals surface area (Å²) in [6.07, 6.45) is 4.58. The van der Waals surface area contributed by atoms with Gasteiger partial charge in [-0.25, -0.2) is 4.98 Å². The number of nitriles is 1. The first-order chi connectivity index (χ1) is 11.5. The Balaban J connectivity index is 1.90. The minimum absolute atomic E-state index is 0.0637. The van der Waals surface area contributed by atoms with Crippen LogP contribution in [-0.4, -0.2) is 37.1 Å². The van der Waals surface area contributed by atoms with Gasteiger partial charge in [-0.1, -0.05) is 13.8 Å². The van der Waals surface area contributed by atoms with Crippen LogP contribution >= 0.6 is 0 Å². The number of aromatic amines is 1. The SMILES string of the molecule is CC(C)c1n[nH]c([C@H]2CCCCN2C(=O)c2cc(C#N)cn2C)n1. The van der Waals surface area contributed by atoms with Gasteiger partial charge in [0.2, 0.25) is 0 Å². The van der Waals surface area contributed by atoms with Crippen LogP contribution in [0.2, 0.25) is 0 Å². The van der Waals surface area contributed by atoms with Gasteiger partial charge in [0.25, 0.3) is 5.91 Å². The smallest absolute Gasteiger partial charge is 0.271 e. The predicted molar refractivity (Wildman–Crippen MR) is 88.2 cm³/mol. The van der Waals surface area contributed by atoms with Crippen LogP contribution in [0.5, 0.6) is 0 Å². The number of likely N-dealkylation sites (tertiary alicyclic amines) is 1. The van der Waals surface area contributed by atoms with Crippen molar-refractivity contribution in [2.75, 3.05) is 6.54 Å². The molecule has 7 nitrogen and oxygen atoms in total. The van der Waals surface area contributed by atoms with Gasteiger partial charge in [0.05, 0.1) is 11.6 Å². The van der Waals surface area contributed by atoms with E-state index in [0.29, 0.717) is 17.8 Å². The van der Waals surface area contributed by atoms with Gasteiger partial charge < -0.3 is 9.47 Å². The summed E-state index contributed by atoms with van der Waals surface area (Å²) in [4.78, 5) is 19.4. The molecule has 3 heterocycles. The van der Waals surface area contributed by atoms with Gasteiger partial charge in [0, 0.05) is 25.7 Å². The van der Waals surface area contributed by atoms with E-state index in [1.807, 2.05) is 18.7 Å². The number of piperidine rings is 1. The maximum atomic E-state index is 13.0. The molecule has 1 saturated heterocycles. The monoisotopic (exact) mass is 326 g/mol. The number of H-pyrrole nitrogens is 1. The van der Waals surface area contributed by atoms with E-state index in [1.54, 1.807) is 23.9 Å². The first-order valence-electron chi connectivity index (χ1n) is 8.31. The third kappa shape index (κ3) is 2.92. The van der Waals surface area contributed by atoms with E-state index in [9.17, 15) is 4.79 Å². The van der Waals surface area contributed by atoms with E-state index in [2.05, 4.69) is 21.3 Å². The normalized spacial score (nSPS) is 18.0. The van der Waals surface area contributed by atoms with Crippen molar-refractivity contribution in [1.82, 2.24) is 24.6 Å². The summed E-state index contributed by atoms with van der Waals surface area (Å²) < 4.78 is 1.71. The first-order valence-corrected chi connectivity index (χ1v) is 8.31. The molecule has 1 atom stereocenters. The summed E-state index contributed by atoms with van der Waals surface area (Å²) in [6.45, 7) is 4.78. The number of hydrogen-bond acceptors (Lipinski definition) is 4. The summed E-state index contributed by atoms with van der Waals surface area (Å²) in [5.74, 6) is 1.70. The van der Waals surface area contributed by atoms with Crippen molar-refractivity contribution in [3.63, 3.8) is 0 Å². The number of aryl methyl sites for hydroxylation is 1. The van der Waals surface area contributed by atoms with Crippen LogP contribution in [0.25, 0.3) is 0 Å². The molecule has 2 aromatic rings. The molecule has 1 N–H and O–H groups in total. The van der Waals surface area contributed by atoms with E-state index >= 15 is 0 Å². The van der Waals surface area contributed by atoms with Gasteiger partial charge in [-0.15, -0.1) is 0 Å². The second-order valence-electron chi connectivity index (χ2n) is 6.58. The zero-order chi connectivity index (χ0) is 17.3. The van der Waals surface area contributed by atoms with Gasteiger partial charge in [0.15, 0.2) is 5.82 Å². The third-order valence-corrected chi connectivity index (χ3v) is 4.47. The van der Waals surface area contributed by atoms with E-state index < -0.39 is 0 Å². The van der Waals surface area contributed by atoms with Crippen LogP contribution < -0.4 is 0 Å². The zero-order valence-corrected chi connectivity index (χ0v) is 14.3. The molecule has 0 radical (unpaired) electrons. The maximum Gasteiger partial charge on any atom is 0.271 e. The Hall–Kier alpha value is -2.62.